The van der Waals surface area contributed by atoms with Gasteiger partial charge in [-0.05, 0) is 131 Å². The molecule has 0 aliphatic heterocycles. The van der Waals surface area contributed by atoms with Crippen LogP contribution in [0.3, 0.4) is 0 Å². The monoisotopic (exact) mass is 472 g/mol. The predicted octanol–water partition coefficient (Wildman–Crippen LogP) is 9.07. The molecule has 2 nitrogen and oxygen atoms in total. The minimum absolute atomic E-state index is 0.0114. The van der Waals surface area contributed by atoms with Crippen LogP contribution in [0.1, 0.15) is 132 Å². The Balaban J connectivity index is 1.41. The molecule has 0 heterocycles. The largest absolute Gasteiger partial charge is 0.462 e. The van der Waals surface area contributed by atoms with Crippen molar-refractivity contribution >= 4 is 5.97 Å². The van der Waals surface area contributed by atoms with E-state index in [0.717, 1.165) is 54.3 Å². The lowest BCUT2D eigenvalue weighted by Gasteiger charge is -2.61. The summed E-state index contributed by atoms with van der Waals surface area (Å²) in [6.45, 7) is 18.6. The highest BCUT2D eigenvalue weighted by atomic mass is 16.5. The normalized spacial score (nSPS) is 43.1. The Bertz CT molecular complexity index is 719. The van der Waals surface area contributed by atoms with Crippen molar-refractivity contribution in [2.24, 2.45) is 57.7 Å². The lowest BCUT2D eigenvalue weighted by atomic mass is 9.44. The highest BCUT2D eigenvalue weighted by Gasteiger charge is 2.60. The van der Waals surface area contributed by atoms with Gasteiger partial charge in [0.2, 0.25) is 0 Å². The van der Waals surface area contributed by atoms with Crippen LogP contribution >= 0.6 is 0 Å². The molecule has 0 aromatic heterocycles. The molecule has 4 aliphatic rings. The molecule has 5 unspecified atom stereocenters. The van der Waals surface area contributed by atoms with E-state index in [9.17, 15) is 4.79 Å². The van der Waals surface area contributed by atoms with Gasteiger partial charge < -0.3 is 4.74 Å². The Morgan fingerprint density at radius 2 is 1.56 bits per heavy atom. The van der Waals surface area contributed by atoms with E-state index in [1.807, 2.05) is 20.8 Å². The summed E-state index contributed by atoms with van der Waals surface area (Å²) in [4.78, 5) is 12.5. The van der Waals surface area contributed by atoms with E-state index < -0.39 is 5.41 Å². The van der Waals surface area contributed by atoms with Crippen molar-refractivity contribution in [2.45, 2.75) is 139 Å². The van der Waals surface area contributed by atoms with E-state index in [1.165, 1.54) is 64.2 Å². The van der Waals surface area contributed by atoms with E-state index >= 15 is 0 Å². The van der Waals surface area contributed by atoms with Crippen molar-refractivity contribution in [3.05, 3.63) is 0 Å². The molecular formula is C32H56O2. The lowest BCUT2D eigenvalue weighted by molar-refractivity contribution is -0.170. The average molecular weight is 473 g/mol. The third-order valence-corrected chi connectivity index (χ3v) is 11.7. The molecule has 0 spiro atoms. The lowest BCUT2D eigenvalue weighted by Crippen LogP contribution is -2.54. The number of rotatable bonds is 6. The molecule has 4 fully saturated rings. The smallest absolute Gasteiger partial charge is 0.311 e. The SMILES string of the molecule is CC(C)CCC[C@@H](C)C1CCC2C3CCC4C[C@@H](OC(=O)C(C)(C)C)CC[C@]4(C)C3CC[C@@]21C. The standard InChI is InChI=1S/C32H56O2/c1-21(2)10-9-11-22(3)26-14-15-27-25-13-12-23-20-24(34-29(33)30(4,5)6)16-18-31(23,7)28(25)17-19-32(26,27)8/h21-28H,9-20H2,1-8H3/t22-,23?,24+,25?,26?,27?,28?,31+,32-/m1/s1. The summed E-state index contributed by atoms with van der Waals surface area (Å²) in [7, 11) is 0. The Kier molecular flexibility index (Phi) is 7.60. The molecule has 0 bridgehead atoms. The van der Waals surface area contributed by atoms with Gasteiger partial charge in [-0.1, -0.05) is 53.9 Å². The summed E-state index contributed by atoms with van der Waals surface area (Å²) in [5, 5.41) is 0. The minimum atomic E-state index is -0.392. The van der Waals surface area contributed by atoms with Crippen LogP contribution in [0.4, 0.5) is 0 Å². The molecule has 0 aromatic carbocycles. The molecular weight excluding hydrogens is 416 g/mol. The van der Waals surface area contributed by atoms with Crippen molar-refractivity contribution in [3.63, 3.8) is 0 Å². The highest BCUT2D eigenvalue weighted by molar-refractivity contribution is 5.75. The first kappa shape index (κ1) is 26.5. The van der Waals surface area contributed by atoms with E-state index in [0.29, 0.717) is 10.8 Å². The number of carbonyl (C=O) groups excluding carboxylic acids is 1. The van der Waals surface area contributed by atoms with Gasteiger partial charge in [-0.15, -0.1) is 0 Å². The number of ether oxygens (including phenoxy) is 1. The first-order chi connectivity index (χ1) is 15.9. The van der Waals surface area contributed by atoms with Crippen LogP contribution in [-0.2, 0) is 9.53 Å². The number of fused-ring (bicyclic) bond motifs is 5. The molecule has 9 atom stereocenters. The molecule has 0 N–H and O–H groups in total. The molecule has 0 amide bonds. The Hall–Kier alpha value is -0.530. The zero-order chi connectivity index (χ0) is 24.9. The maximum absolute atomic E-state index is 12.5. The van der Waals surface area contributed by atoms with E-state index in [4.69, 9.17) is 4.74 Å². The quantitative estimate of drug-likeness (QED) is 0.360. The van der Waals surface area contributed by atoms with Crippen molar-refractivity contribution in [2.75, 3.05) is 0 Å². The van der Waals surface area contributed by atoms with Gasteiger partial charge in [0.25, 0.3) is 0 Å². The van der Waals surface area contributed by atoms with Gasteiger partial charge in [0.1, 0.15) is 6.10 Å². The van der Waals surface area contributed by atoms with E-state index in [1.54, 1.807) is 0 Å². The van der Waals surface area contributed by atoms with E-state index in [-0.39, 0.29) is 12.1 Å². The predicted molar refractivity (Wildman–Crippen MR) is 142 cm³/mol. The van der Waals surface area contributed by atoms with Crippen LogP contribution in [-0.4, -0.2) is 12.1 Å². The fourth-order valence-electron chi connectivity index (χ4n) is 9.68. The summed E-state index contributed by atoms with van der Waals surface area (Å²) in [6.07, 6.45) is 16.5. The number of esters is 1. The Labute approximate surface area is 211 Å². The molecule has 34 heavy (non-hydrogen) atoms. The average Bonchev–Trinajstić information content (AvgIpc) is 3.10. The first-order valence-corrected chi connectivity index (χ1v) is 15.1. The Morgan fingerprint density at radius 1 is 0.882 bits per heavy atom. The fourth-order valence-corrected chi connectivity index (χ4v) is 9.68. The van der Waals surface area contributed by atoms with Crippen LogP contribution in [0.2, 0.25) is 0 Å². The zero-order valence-electron chi connectivity index (χ0n) is 23.9. The second kappa shape index (κ2) is 9.74. The van der Waals surface area contributed by atoms with Gasteiger partial charge in [0.05, 0.1) is 5.41 Å². The second-order valence-electron chi connectivity index (χ2n) is 15.2. The second-order valence-corrected chi connectivity index (χ2v) is 15.2. The molecule has 0 saturated heterocycles. The summed E-state index contributed by atoms with van der Waals surface area (Å²) >= 11 is 0. The first-order valence-electron chi connectivity index (χ1n) is 15.1. The maximum atomic E-state index is 12.5. The fraction of sp³-hybridized carbons (Fsp3) is 0.969. The summed E-state index contributed by atoms with van der Waals surface area (Å²) in [5.74, 6) is 6.23. The van der Waals surface area contributed by atoms with Crippen LogP contribution in [0.5, 0.6) is 0 Å². The van der Waals surface area contributed by atoms with Crippen LogP contribution in [0.15, 0.2) is 0 Å². The van der Waals surface area contributed by atoms with Crippen LogP contribution < -0.4 is 0 Å². The van der Waals surface area contributed by atoms with Gasteiger partial charge in [-0.2, -0.15) is 0 Å². The topological polar surface area (TPSA) is 26.3 Å². The summed E-state index contributed by atoms with van der Waals surface area (Å²) in [5.41, 5.74) is 0.661. The zero-order valence-corrected chi connectivity index (χ0v) is 23.9. The van der Waals surface area contributed by atoms with Gasteiger partial charge in [-0.3, -0.25) is 4.79 Å². The highest BCUT2D eigenvalue weighted by Crippen LogP contribution is 2.68. The van der Waals surface area contributed by atoms with Crippen molar-refractivity contribution in [1.29, 1.82) is 0 Å². The molecule has 2 heteroatoms. The van der Waals surface area contributed by atoms with Gasteiger partial charge in [0.15, 0.2) is 0 Å². The minimum Gasteiger partial charge on any atom is -0.462 e. The molecule has 4 aliphatic carbocycles. The van der Waals surface area contributed by atoms with Crippen LogP contribution in [0.25, 0.3) is 0 Å². The third kappa shape index (κ3) is 4.87. The van der Waals surface area contributed by atoms with Gasteiger partial charge in [-0.25, -0.2) is 0 Å². The Morgan fingerprint density at radius 3 is 2.24 bits per heavy atom. The van der Waals surface area contributed by atoms with Gasteiger partial charge >= 0.3 is 5.97 Å². The van der Waals surface area contributed by atoms with Crippen molar-refractivity contribution in [1.82, 2.24) is 0 Å². The van der Waals surface area contributed by atoms with Crippen molar-refractivity contribution < 1.29 is 9.53 Å². The van der Waals surface area contributed by atoms with Gasteiger partial charge in [0, 0.05) is 0 Å². The molecule has 0 aromatic rings. The molecule has 196 valence electrons. The van der Waals surface area contributed by atoms with E-state index in [2.05, 4.69) is 34.6 Å². The third-order valence-electron chi connectivity index (χ3n) is 11.7. The van der Waals surface area contributed by atoms with Crippen LogP contribution in [0, 0.1) is 57.7 Å². The number of hydrogen-bond donors (Lipinski definition) is 0. The molecule has 4 saturated carbocycles. The number of hydrogen-bond acceptors (Lipinski definition) is 2. The van der Waals surface area contributed by atoms with Crippen molar-refractivity contribution in [3.8, 4) is 0 Å². The molecule has 4 rings (SSSR count). The summed E-state index contributed by atoms with van der Waals surface area (Å²) in [6, 6.07) is 0. The maximum Gasteiger partial charge on any atom is 0.311 e. The molecule has 0 radical (unpaired) electrons. The number of carbonyl (C=O) groups is 1. The summed E-state index contributed by atoms with van der Waals surface area (Å²) < 4.78 is 6.02.